The second-order valence-electron chi connectivity index (χ2n) is 11.4. The van der Waals surface area contributed by atoms with Crippen LogP contribution < -0.4 is 4.31 Å². The first kappa shape index (κ1) is 31.1. The zero-order chi connectivity index (χ0) is 30.2. The molecule has 1 amide bonds. The Morgan fingerprint density at radius 1 is 1.00 bits per heavy atom. The number of para-hydroxylation sites is 1. The third kappa shape index (κ3) is 6.43. The number of piperidine rings is 1. The molecule has 6 nitrogen and oxygen atoms in total. The van der Waals surface area contributed by atoms with Gasteiger partial charge in [0, 0.05) is 37.0 Å². The number of carbonyl (C=O) groups excluding carboxylic acids is 1. The van der Waals surface area contributed by atoms with Crippen molar-refractivity contribution in [1.29, 1.82) is 0 Å². The van der Waals surface area contributed by atoms with E-state index in [1.807, 2.05) is 30.3 Å². The number of carbonyl (C=O) groups is 1. The number of likely N-dealkylation sites (N-methyl/N-ethyl adjacent to an activating group) is 1. The van der Waals surface area contributed by atoms with Crippen molar-refractivity contribution in [3.63, 3.8) is 0 Å². The molecule has 5 rings (SSSR count). The number of sulfonamides is 1. The maximum Gasteiger partial charge on any atom is 0.253 e. The van der Waals surface area contributed by atoms with Crippen molar-refractivity contribution in [2.45, 2.75) is 30.6 Å². The van der Waals surface area contributed by atoms with Gasteiger partial charge in [0.05, 0.1) is 27.0 Å². The van der Waals surface area contributed by atoms with Crippen LogP contribution >= 0.6 is 34.8 Å². The highest BCUT2D eigenvalue weighted by Crippen LogP contribution is 2.47. The van der Waals surface area contributed by atoms with E-state index in [2.05, 4.69) is 11.0 Å². The summed E-state index contributed by atoms with van der Waals surface area (Å²) >= 11 is 18.5. The number of halogens is 4. The summed E-state index contributed by atoms with van der Waals surface area (Å²) in [6.45, 7) is 3.36. The van der Waals surface area contributed by atoms with Gasteiger partial charge in [0.2, 0.25) is 10.0 Å². The molecule has 0 radical (unpaired) electrons. The zero-order valence-electron chi connectivity index (χ0n) is 23.5. The van der Waals surface area contributed by atoms with Gasteiger partial charge in [-0.2, -0.15) is 0 Å². The van der Waals surface area contributed by atoms with E-state index in [0.717, 1.165) is 55.7 Å². The Kier molecular flexibility index (Phi) is 9.12. The van der Waals surface area contributed by atoms with E-state index in [1.54, 1.807) is 22.3 Å². The summed E-state index contributed by atoms with van der Waals surface area (Å²) in [7, 11) is -1.64. The molecule has 0 bridgehead atoms. The first-order chi connectivity index (χ1) is 19.9. The van der Waals surface area contributed by atoms with Gasteiger partial charge in [-0.25, -0.2) is 12.8 Å². The number of hydrogen-bond acceptors (Lipinski definition) is 4. The topological polar surface area (TPSA) is 60.9 Å². The van der Waals surface area contributed by atoms with Gasteiger partial charge in [-0.15, -0.1) is 0 Å². The fraction of sp³-hybridized carbons (Fsp3) is 0.387. The Morgan fingerprint density at radius 2 is 1.71 bits per heavy atom. The Labute approximate surface area is 262 Å². The summed E-state index contributed by atoms with van der Waals surface area (Å²) in [6, 6.07) is 17.4. The zero-order valence-corrected chi connectivity index (χ0v) is 26.6. The molecule has 0 aliphatic carbocycles. The third-order valence-corrected chi connectivity index (χ3v) is 10.8. The molecule has 1 spiro atoms. The van der Waals surface area contributed by atoms with Crippen LogP contribution in [0.5, 0.6) is 0 Å². The van der Waals surface area contributed by atoms with E-state index >= 15 is 0 Å². The standard InChI is InChI=1S/C31H33Cl3FN3O3S/c1-36(30(39)22-8-10-28(35)27(34)18-22)19-23(21-7-9-25(32)26(33)17-21)11-14-37-15-12-31(13-16-37)20-38(42(2,40)41)29-6-4-3-5-24(29)31/h3-10,17-18,23H,11-16,19-20H2,1-2H3/t23-/m1/s1. The number of likely N-dealkylation sites (tertiary alicyclic amines) is 1. The van der Waals surface area contributed by atoms with Crippen LogP contribution in [0.25, 0.3) is 0 Å². The minimum absolute atomic E-state index is 0.0338. The lowest BCUT2D eigenvalue weighted by molar-refractivity contribution is 0.0780. The number of nitrogens with zero attached hydrogens (tertiary/aromatic N) is 3. The van der Waals surface area contributed by atoms with Crippen LogP contribution in [-0.2, 0) is 15.4 Å². The second-order valence-corrected chi connectivity index (χ2v) is 14.5. The highest BCUT2D eigenvalue weighted by molar-refractivity contribution is 7.92. The monoisotopic (exact) mass is 651 g/mol. The molecule has 0 aromatic heterocycles. The SMILES string of the molecule is CN(C[C@@H](CCN1CCC2(CC1)CN(S(C)(=O)=O)c1ccccc12)c1ccc(Cl)c(Cl)c1)C(=O)c1ccc(F)c(Cl)c1. The van der Waals surface area contributed by atoms with Crippen LogP contribution in [0.1, 0.15) is 46.7 Å². The van der Waals surface area contributed by atoms with Crippen LogP contribution in [0, 0.1) is 5.82 Å². The van der Waals surface area contributed by atoms with Crippen molar-refractivity contribution in [1.82, 2.24) is 9.80 Å². The van der Waals surface area contributed by atoms with Crippen molar-refractivity contribution in [2.24, 2.45) is 0 Å². The Bertz CT molecular complexity index is 1600. The summed E-state index contributed by atoms with van der Waals surface area (Å²) in [5.74, 6) is -0.858. The first-order valence-corrected chi connectivity index (χ1v) is 16.8. The average molecular weight is 653 g/mol. The molecule has 0 unspecified atom stereocenters. The van der Waals surface area contributed by atoms with Crippen molar-refractivity contribution in [2.75, 3.05) is 50.3 Å². The van der Waals surface area contributed by atoms with E-state index in [0.29, 0.717) is 28.7 Å². The molecule has 0 N–H and O–H groups in total. The molecule has 2 aliphatic rings. The minimum Gasteiger partial charge on any atom is -0.341 e. The Hall–Kier alpha value is -2.36. The fourth-order valence-electron chi connectivity index (χ4n) is 6.24. The number of fused-ring (bicyclic) bond motifs is 2. The maximum absolute atomic E-state index is 13.7. The summed E-state index contributed by atoms with van der Waals surface area (Å²) in [5.41, 5.74) is 3.01. The lowest BCUT2D eigenvalue weighted by Gasteiger charge is -2.40. The number of amides is 1. The first-order valence-electron chi connectivity index (χ1n) is 13.8. The van der Waals surface area contributed by atoms with Gasteiger partial charge in [0.1, 0.15) is 5.82 Å². The molecule has 3 aromatic carbocycles. The van der Waals surface area contributed by atoms with Crippen molar-refractivity contribution in [3.8, 4) is 0 Å². The predicted octanol–water partition coefficient (Wildman–Crippen LogP) is 6.85. The molecule has 2 aliphatic heterocycles. The molecule has 42 heavy (non-hydrogen) atoms. The van der Waals surface area contributed by atoms with Crippen molar-refractivity contribution < 1.29 is 17.6 Å². The molecular formula is C31H33Cl3FN3O3S. The van der Waals surface area contributed by atoms with Gasteiger partial charge < -0.3 is 9.80 Å². The summed E-state index contributed by atoms with van der Waals surface area (Å²) in [6.07, 6.45) is 3.75. The average Bonchev–Trinajstić information content (AvgIpc) is 3.29. The molecule has 224 valence electrons. The summed E-state index contributed by atoms with van der Waals surface area (Å²) < 4.78 is 40.3. The van der Waals surface area contributed by atoms with Gasteiger partial charge in [-0.3, -0.25) is 9.10 Å². The van der Waals surface area contributed by atoms with Crippen LogP contribution in [0.3, 0.4) is 0 Å². The van der Waals surface area contributed by atoms with Crippen LogP contribution in [-0.4, -0.2) is 70.2 Å². The van der Waals surface area contributed by atoms with E-state index in [4.69, 9.17) is 34.8 Å². The van der Waals surface area contributed by atoms with Gasteiger partial charge in [-0.1, -0.05) is 59.1 Å². The molecular weight excluding hydrogens is 620 g/mol. The lowest BCUT2D eigenvalue weighted by Crippen LogP contribution is -2.46. The molecule has 1 atom stereocenters. The molecule has 1 saturated heterocycles. The summed E-state index contributed by atoms with van der Waals surface area (Å²) in [5, 5.41) is 0.822. The van der Waals surface area contributed by atoms with Gasteiger partial charge in [-0.05, 0) is 86.4 Å². The second kappa shape index (κ2) is 12.3. The van der Waals surface area contributed by atoms with E-state index in [-0.39, 0.29) is 22.3 Å². The van der Waals surface area contributed by atoms with Crippen LogP contribution in [0.2, 0.25) is 15.1 Å². The van der Waals surface area contributed by atoms with Gasteiger partial charge in [0.25, 0.3) is 5.91 Å². The van der Waals surface area contributed by atoms with Crippen LogP contribution in [0.15, 0.2) is 60.7 Å². The van der Waals surface area contributed by atoms with Gasteiger partial charge in [0.15, 0.2) is 0 Å². The number of anilines is 1. The number of rotatable bonds is 8. The van der Waals surface area contributed by atoms with Crippen molar-refractivity contribution in [3.05, 3.63) is 98.2 Å². The fourth-order valence-corrected chi connectivity index (χ4v) is 7.73. The largest absolute Gasteiger partial charge is 0.341 e. The van der Waals surface area contributed by atoms with Crippen molar-refractivity contribution >= 4 is 56.4 Å². The minimum atomic E-state index is -3.37. The van der Waals surface area contributed by atoms with Gasteiger partial charge >= 0.3 is 0 Å². The lowest BCUT2D eigenvalue weighted by atomic mass is 9.74. The predicted molar refractivity (Wildman–Crippen MR) is 168 cm³/mol. The molecule has 1 fully saturated rings. The number of hydrogen-bond donors (Lipinski definition) is 0. The van der Waals surface area contributed by atoms with E-state index < -0.39 is 15.8 Å². The van der Waals surface area contributed by atoms with Crippen LogP contribution in [0.4, 0.5) is 10.1 Å². The molecule has 3 aromatic rings. The quantitative estimate of drug-likeness (QED) is 0.267. The molecule has 11 heteroatoms. The van der Waals surface area contributed by atoms with E-state index in [9.17, 15) is 17.6 Å². The summed E-state index contributed by atoms with van der Waals surface area (Å²) in [4.78, 5) is 17.2. The molecule has 2 heterocycles. The highest BCUT2D eigenvalue weighted by Gasteiger charge is 2.46. The Balaban J connectivity index is 1.28. The van der Waals surface area contributed by atoms with E-state index in [1.165, 1.54) is 24.5 Å². The normalized spacial score (nSPS) is 17.3. The molecule has 0 saturated carbocycles. The Morgan fingerprint density at radius 3 is 2.38 bits per heavy atom. The number of benzene rings is 3. The highest BCUT2D eigenvalue weighted by atomic mass is 35.5. The smallest absolute Gasteiger partial charge is 0.253 e. The maximum atomic E-state index is 13.7. The third-order valence-electron chi connectivity index (χ3n) is 8.62.